The molecule has 0 amide bonds. The van der Waals surface area contributed by atoms with E-state index in [1.165, 1.54) is 5.56 Å². The van der Waals surface area contributed by atoms with Crippen molar-refractivity contribution < 1.29 is 4.74 Å². The molecule has 2 rings (SSSR count). The third-order valence-corrected chi connectivity index (χ3v) is 3.58. The number of aryl methyl sites for hydroxylation is 1. The van der Waals surface area contributed by atoms with Gasteiger partial charge in [-0.15, -0.1) is 0 Å². The fourth-order valence-corrected chi connectivity index (χ4v) is 2.04. The minimum atomic E-state index is 0.393. The molecule has 2 heterocycles. The van der Waals surface area contributed by atoms with E-state index in [-0.39, 0.29) is 0 Å². The second-order valence-electron chi connectivity index (χ2n) is 3.85. The molecule has 0 spiro atoms. The molecule has 82 valence electrons. The average Bonchev–Trinajstić information content (AvgIpc) is 2.26. The molecule has 1 unspecified atom stereocenters. The highest BCUT2D eigenvalue weighted by Crippen LogP contribution is 2.24. The third-order valence-electron chi connectivity index (χ3n) is 2.58. The second-order valence-corrected chi connectivity index (χ2v) is 4.64. The van der Waals surface area contributed by atoms with Gasteiger partial charge in [0.25, 0.3) is 0 Å². The molecule has 1 aromatic heterocycles. The Bertz CT molecular complexity index is 337. The van der Waals surface area contributed by atoms with Crippen LogP contribution >= 0.6 is 15.9 Å². The van der Waals surface area contributed by atoms with Crippen molar-refractivity contribution in [3.05, 3.63) is 22.3 Å². The van der Waals surface area contributed by atoms with Crippen LogP contribution in [0.1, 0.15) is 18.4 Å². The number of halogens is 1. The highest BCUT2D eigenvalue weighted by Gasteiger charge is 2.15. The Hall–Kier alpha value is -0.610. The number of aromatic nitrogens is 1. The molecule has 1 aromatic rings. The molecule has 1 aliphatic rings. The normalized spacial score (nSPS) is 21.3. The van der Waals surface area contributed by atoms with Gasteiger partial charge in [-0.25, -0.2) is 4.98 Å². The smallest absolute Gasteiger partial charge is 0.140 e. The lowest BCUT2D eigenvalue weighted by Gasteiger charge is -2.24. The van der Waals surface area contributed by atoms with Crippen molar-refractivity contribution >= 4 is 21.7 Å². The molecule has 1 atom stereocenters. The lowest BCUT2D eigenvalue weighted by atomic mass is 10.1. The largest absolute Gasteiger partial charge is 0.379 e. The maximum absolute atomic E-state index is 5.42. The van der Waals surface area contributed by atoms with E-state index in [1.807, 2.05) is 12.3 Å². The Balaban J connectivity index is 2.06. The van der Waals surface area contributed by atoms with Crippen LogP contribution in [-0.4, -0.2) is 24.2 Å². The van der Waals surface area contributed by atoms with E-state index < -0.39 is 0 Å². The van der Waals surface area contributed by atoms with Gasteiger partial charge in [-0.1, -0.05) is 0 Å². The molecule has 0 radical (unpaired) electrons. The molecule has 1 N–H and O–H groups in total. The number of ether oxygens (including phenoxy) is 1. The molecule has 1 fully saturated rings. The lowest BCUT2D eigenvalue weighted by molar-refractivity contribution is 0.0875. The fraction of sp³-hybridized carbons (Fsp3) is 0.545. The van der Waals surface area contributed by atoms with Crippen LogP contribution in [0.3, 0.4) is 0 Å². The summed E-state index contributed by atoms with van der Waals surface area (Å²) in [4.78, 5) is 4.32. The number of hydrogen-bond acceptors (Lipinski definition) is 3. The van der Waals surface area contributed by atoms with Crippen LogP contribution in [0.4, 0.5) is 5.82 Å². The number of anilines is 1. The summed E-state index contributed by atoms with van der Waals surface area (Å²) >= 11 is 3.54. The van der Waals surface area contributed by atoms with Crippen LogP contribution in [0.5, 0.6) is 0 Å². The van der Waals surface area contributed by atoms with Crippen molar-refractivity contribution in [1.29, 1.82) is 0 Å². The quantitative estimate of drug-likeness (QED) is 0.898. The van der Waals surface area contributed by atoms with Gasteiger partial charge in [0, 0.05) is 12.8 Å². The molecule has 4 heteroatoms. The summed E-state index contributed by atoms with van der Waals surface area (Å²) in [7, 11) is 0. The number of nitrogens with zero attached hydrogens (tertiary/aromatic N) is 1. The predicted molar refractivity (Wildman–Crippen MR) is 64.1 cm³/mol. The first-order chi connectivity index (χ1) is 7.27. The van der Waals surface area contributed by atoms with Gasteiger partial charge < -0.3 is 10.1 Å². The van der Waals surface area contributed by atoms with Crippen molar-refractivity contribution in [2.24, 2.45) is 0 Å². The number of pyridine rings is 1. The Morgan fingerprint density at radius 1 is 1.60 bits per heavy atom. The Morgan fingerprint density at radius 3 is 3.20 bits per heavy atom. The van der Waals surface area contributed by atoms with Crippen molar-refractivity contribution in [3.8, 4) is 0 Å². The summed E-state index contributed by atoms with van der Waals surface area (Å²) < 4.78 is 6.47. The van der Waals surface area contributed by atoms with Gasteiger partial charge in [-0.05, 0) is 47.3 Å². The highest BCUT2D eigenvalue weighted by molar-refractivity contribution is 9.10. The standard InChI is InChI=1S/C11H15BrN2O/c1-8-4-5-13-11(10(8)12)14-9-3-2-6-15-7-9/h4-5,9H,2-3,6-7H2,1H3,(H,13,14). The lowest BCUT2D eigenvalue weighted by Crippen LogP contribution is -2.30. The Morgan fingerprint density at radius 2 is 2.47 bits per heavy atom. The first-order valence-corrected chi connectivity index (χ1v) is 6.02. The summed E-state index contributed by atoms with van der Waals surface area (Å²) in [6, 6.07) is 2.39. The Kier molecular flexibility index (Phi) is 3.59. The van der Waals surface area contributed by atoms with Gasteiger partial charge in [-0.3, -0.25) is 0 Å². The SMILES string of the molecule is Cc1ccnc(NC2CCCOC2)c1Br. The van der Waals surface area contributed by atoms with E-state index in [9.17, 15) is 0 Å². The predicted octanol–water partition coefficient (Wildman–Crippen LogP) is 2.74. The molecule has 0 aliphatic carbocycles. The minimum absolute atomic E-state index is 0.393. The molecule has 3 nitrogen and oxygen atoms in total. The monoisotopic (exact) mass is 270 g/mol. The maximum atomic E-state index is 5.42. The zero-order valence-corrected chi connectivity index (χ0v) is 10.4. The summed E-state index contributed by atoms with van der Waals surface area (Å²) in [5.41, 5.74) is 1.20. The van der Waals surface area contributed by atoms with Gasteiger partial charge in [0.1, 0.15) is 5.82 Å². The van der Waals surface area contributed by atoms with E-state index in [0.717, 1.165) is 36.3 Å². The summed E-state index contributed by atoms with van der Waals surface area (Å²) in [5.74, 6) is 0.922. The number of hydrogen-bond donors (Lipinski definition) is 1. The molecule has 1 saturated heterocycles. The van der Waals surface area contributed by atoms with E-state index >= 15 is 0 Å². The topological polar surface area (TPSA) is 34.2 Å². The van der Waals surface area contributed by atoms with Crippen LogP contribution in [0.15, 0.2) is 16.7 Å². The Labute approximate surface area is 98.4 Å². The molecule has 0 bridgehead atoms. The molecular weight excluding hydrogens is 256 g/mol. The molecule has 0 saturated carbocycles. The molecule has 0 aromatic carbocycles. The van der Waals surface area contributed by atoms with Gasteiger partial charge in [0.05, 0.1) is 17.1 Å². The van der Waals surface area contributed by atoms with Gasteiger partial charge in [-0.2, -0.15) is 0 Å². The van der Waals surface area contributed by atoms with Crippen LogP contribution in [0.25, 0.3) is 0 Å². The zero-order valence-electron chi connectivity index (χ0n) is 8.79. The average molecular weight is 271 g/mol. The van der Waals surface area contributed by atoms with Crippen molar-refractivity contribution in [3.63, 3.8) is 0 Å². The van der Waals surface area contributed by atoms with E-state index in [4.69, 9.17) is 4.74 Å². The molecule has 15 heavy (non-hydrogen) atoms. The van der Waals surface area contributed by atoms with Crippen molar-refractivity contribution in [1.82, 2.24) is 4.98 Å². The van der Waals surface area contributed by atoms with Crippen molar-refractivity contribution in [2.45, 2.75) is 25.8 Å². The number of rotatable bonds is 2. The van der Waals surface area contributed by atoms with Gasteiger partial charge in [0.2, 0.25) is 0 Å². The van der Waals surface area contributed by atoms with Crippen molar-refractivity contribution in [2.75, 3.05) is 18.5 Å². The third kappa shape index (κ3) is 2.69. The van der Waals surface area contributed by atoms with Gasteiger partial charge in [0.15, 0.2) is 0 Å². The summed E-state index contributed by atoms with van der Waals surface area (Å²) in [6.07, 6.45) is 4.11. The van der Waals surface area contributed by atoms with Crippen LogP contribution in [0.2, 0.25) is 0 Å². The second kappa shape index (κ2) is 4.94. The van der Waals surface area contributed by atoms with E-state index in [1.54, 1.807) is 0 Å². The molecular formula is C11H15BrN2O. The summed E-state index contributed by atoms with van der Waals surface area (Å²) in [6.45, 7) is 3.73. The minimum Gasteiger partial charge on any atom is -0.379 e. The molecule has 1 aliphatic heterocycles. The number of nitrogens with one attached hydrogen (secondary N) is 1. The van der Waals surface area contributed by atoms with Crippen LogP contribution in [-0.2, 0) is 4.74 Å². The first kappa shape index (κ1) is 10.9. The highest BCUT2D eigenvalue weighted by atomic mass is 79.9. The van der Waals surface area contributed by atoms with Crippen LogP contribution < -0.4 is 5.32 Å². The maximum Gasteiger partial charge on any atom is 0.140 e. The van der Waals surface area contributed by atoms with E-state index in [0.29, 0.717) is 6.04 Å². The zero-order chi connectivity index (χ0) is 10.7. The van der Waals surface area contributed by atoms with Gasteiger partial charge >= 0.3 is 0 Å². The fourth-order valence-electron chi connectivity index (χ4n) is 1.69. The first-order valence-electron chi connectivity index (χ1n) is 5.23. The summed E-state index contributed by atoms with van der Waals surface area (Å²) in [5, 5.41) is 3.41. The van der Waals surface area contributed by atoms with E-state index in [2.05, 4.69) is 33.2 Å². The van der Waals surface area contributed by atoms with Crippen LogP contribution in [0, 0.1) is 6.92 Å².